The number of rotatable bonds is 3. The van der Waals surface area contributed by atoms with Crippen molar-refractivity contribution in [3.8, 4) is 0 Å². The van der Waals surface area contributed by atoms with Gasteiger partial charge in [-0.2, -0.15) is 5.10 Å². The van der Waals surface area contributed by atoms with Crippen LogP contribution >= 0.6 is 0 Å². The third-order valence-electron chi connectivity index (χ3n) is 4.30. The van der Waals surface area contributed by atoms with E-state index in [2.05, 4.69) is 15.5 Å². The van der Waals surface area contributed by atoms with E-state index in [0.29, 0.717) is 12.2 Å². The molecule has 3 rings (SSSR count). The maximum atomic E-state index is 12.3. The molecule has 0 atom stereocenters. The standard InChI is InChI=1S/C16H21N3O2/c20-15(14-12-7-3-4-8-13(12)18-19-14)17-11-16(21)9-5-1-2-6-10-16/h3-4,7-8,21H,1-2,5-6,9-11H2,(H,17,20)(H,18,19). The second kappa shape index (κ2) is 5.85. The molecule has 1 amide bonds. The molecule has 0 saturated heterocycles. The Kier molecular flexibility index (Phi) is 3.92. The molecule has 1 heterocycles. The van der Waals surface area contributed by atoms with Gasteiger partial charge in [-0.1, -0.05) is 43.9 Å². The number of nitrogens with zero attached hydrogens (tertiary/aromatic N) is 1. The van der Waals surface area contributed by atoms with E-state index in [1.165, 1.54) is 12.8 Å². The number of carbonyl (C=O) groups excluding carboxylic acids is 1. The van der Waals surface area contributed by atoms with Gasteiger partial charge >= 0.3 is 0 Å². The number of fused-ring (bicyclic) bond motifs is 1. The lowest BCUT2D eigenvalue weighted by molar-refractivity contribution is 0.0246. The van der Waals surface area contributed by atoms with Gasteiger partial charge in [0.15, 0.2) is 5.69 Å². The summed E-state index contributed by atoms with van der Waals surface area (Å²) in [6.07, 6.45) is 5.90. The highest BCUT2D eigenvalue weighted by atomic mass is 16.3. The van der Waals surface area contributed by atoms with Crippen LogP contribution in [0, 0.1) is 0 Å². The molecule has 0 aliphatic heterocycles. The number of aromatic amines is 1. The zero-order valence-corrected chi connectivity index (χ0v) is 12.1. The van der Waals surface area contributed by atoms with Crippen molar-refractivity contribution in [1.29, 1.82) is 0 Å². The smallest absolute Gasteiger partial charge is 0.272 e. The number of H-pyrrole nitrogens is 1. The van der Waals surface area contributed by atoms with Crippen LogP contribution in [0.1, 0.15) is 49.0 Å². The lowest BCUT2D eigenvalue weighted by Crippen LogP contribution is -2.42. The maximum Gasteiger partial charge on any atom is 0.272 e. The Morgan fingerprint density at radius 3 is 2.71 bits per heavy atom. The van der Waals surface area contributed by atoms with Gasteiger partial charge in [0.05, 0.1) is 11.1 Å². The van der Waals surface area contributed by atoms with E-state index in [-0.39, 0.29) is 5.91 Å². The first-order chi connectivity index (χ1) is 10.2. The summed E-state index contributed by atoms with van der Waals surface area (Å²) in [6.45, 7) is 0.299. The van der Waals surface area contributed by atoms with Gasteiger partial charge in [-0.05, 0) is 18.9 Å². The average molecular weight is 287 g/mol. The van der Waals surface area contributed by atoms with Crippen LogP contribution in [-0.4, -0.2) is 33.4 Å². The Labute approximate surface area is 123 Å². The second-order valence-electron chi connectivity index (χ2n) is 5.94. The van der Waals surface area contributed by atoms with E-state index >= 15 is 0 Å². The molecule has 1 aliphatic carbocycles. The summed E-state index contributed by atoms with van der Waals surface area (Å²) in [4.78, 5) is 12.3. The van der Waals surface area contributed by atoms with Crippen molar-refractivity contribution < 1.29 is 9.90 Å². The predicted octanol–water partition coefficient (Wildman–Crippen LogP) is 2.38. The van der Waals surface area contributed by atoms with Gasteiger partial charge in [0.1, 0.15) is 0 Å². The fourth-order valence-electron chi connectivity index (χ4n) is 3.03. The number of benzene rings is 1. The molecule has 1 aliphatic rings. The van der Waals surface area contributed by atoms with Gasteiger partial charge in [0.2, 0.25) is 0 Å². The number of hydrogen-bond donors (Lipinski definition) is 3. The Morgan fingerprint density at radius 1 is 1.24 bits per heavy atom. The van der Waals surface area contributed by atoms with Crippen LogP contribution in [0.2, 0.25) is 0 Å². The maximum absolute atomic E-state index is 12.3. The van der Waals surface area contributed by atoms with E-state index in [0.717, 1.165) is 36.6 Å². The molecule has 1 saturated carbocycles. The number of para-hydroxylation sites is 1. The number of hydrogen-bond acceptors (Lipinski definition) is 3. The highest BCUT2D eigenvalue weighted by Gasteiger charge is 2.29. The molecule has 0 unspecified atom stereocenters. The molecular weight excluding hydrogens is 266 g/mol. The minimum Gasteiger partial charge on any atom is -0.388 e. The Balaban J connectivity index is 1.69. The quantitative estimate of drug-likeness (QED) is 0.758. The second-order valence-corrected chi connectivity index (χ2v) is 5.94. The van der Waals surface area contributed by atoms with Gasteiger partial charge in [-0.15, -0.1) is 0 Å². The van der Waals surface area contributed by atoms with Crippen LogP contribution < -0.4 is 5.32 Å². The highest BCUT2D eigenvalue weighted by molar-refractivity contribution is 6.04. The van der Waals surface area contributed by atoms with Gasteiger partial charge in [0.25, 0.3) is 5.91 Å². The molecule has 21 heavy (non-hydrogen) atoms. The predicted molar refractivity (Wildman–Crippen MR) is 81.1 cm³/mol. The lowest BCUT2D eigenvalue weighted by Gasteiger charge is -2.26. The first-order valence-electron chi connectivity index (χ1n) is 7.62. The molecule has 2 aromatic rings. The SMILES string of the molecule is O=C(NCC1(O)CCCCCC1)c1n[nH]c2ccccc12. The van der Waals surface area contributed by atoms with E-state index in [1.807, 2.05) is 24.3 Å². The largest absolute Gasteiger partial charge is 0.388 e. The lowest BCUT2D eigenvalue weighted by atomic mass is 9.94. The molecular formula is C16H21N3O2. The van der Waals surface area contributed by atoms with Gasteiger partial charge in [0, 0.05) is 11.9 Å². The first-order valence-corrected chi connectivity index (χ1v) is 7.62. The molecule has 3 N–H and O–H groups in total. The molecule has 112 valence electrons. The van der Waals surface area contributed by atoms with E-state index in [1.54, 1.807) is 0 Å². The molecule has 1 aromatic heterocycles. The van der Waals surface area contributed by atoms with Crippen molar-refractivity contribution in [2.75, 3.05) is 6.54 Å². The third kappa shape index (κ3) is 3.08. The summed E-state index contributed by atoms with van der Waals surface area (Å²) in [6, 6.07) is 7.54. The summed E-state index contributed by atoms with van der Waals surface area (Å²) in [7, 11) is 0. The third-order valence-corrected chi connectivity index (χ3v) is 4.30. The fourth-order valence-corrected chi connectivity index (χ4v) is 3.03. The summed E-state index contributed by atoms with van der Waals surface area (Å²) in [5, 5.41) is 21.2. The van der Waals surface area contributed by atoms with Crippen molar-refractivity contribution in [1.82, 2.24) is 15.5 Å². The molecule has 0 bridgehead atoms. The van der Waals surface area contributed by atoms with Crippen LogP contribution in [0.4, 0.5) is 0 Å². The minimum absolute atomic E-state index is 0.231. The molecule has 1 fully saturated rings. The topological polar surface area (TPSA) is 78.0 Å². The summed E-state index contributed by atoms with van der Waals surface area (Å²) in [5.74, 6) is -0.231. The molecule has 0 spiro atoms. The van der Waals surface area contributed by atoms with Crippen molar-refractivity contribution in [2.24, 2.45) is 0 Å². The van der Waals surface area contributed by atoms with Gasteiger partial charge in [-0.25, -0.2) is 0 Å². The summed E-state index contributed by atoms with van der Waals surface area (Å²) < 4.78 is 0. The van der Waals surface area contributed by atoms with Crippen LogP contribution in [0.15, 0.2) is 24.3 Å². The number of aromatic nitrogens is 2. The normalized spacial score (nSPS) is 18.3. The van der Waals surface area contributed by atoms with E-state index < -0.39 is 5.60 Å². The zero-order chi connectivity index (χ0) is 14.7. The average Bonchev–Trinajstić information content (AvgIpc) is 2.81. The van der Waals surface area contributed by atoms with Crippen LogP contribution in [-0.2, 0) is 0 Å². The Hall–Kier alpha value is -1.88. The molecule has 5 nitrogen and oxygen atoms in total. The van der Waals surface area contributed by atoms with Crippen LogP contribution in [0.25, 0.3) is 10.9 Å². The zero-order valence-electron chi connectivity index (χ0n) is 12.1. The van der Waals surface area contributed by atoms with Gasteiger partial charge in [-0.3, -0.25) is 9.89 Å². The molecule has 5 heteroatoms. The van der Waals surface area contributed by atoms with Gasteiger partial charge < -0.3 is 10.4 Å². The van der Waals surface area contributed by atoms with E-state index in [4.69, 9.17) is 0 Å². The summed E-state index contributed by atoms with van der Waals surface area (Å²) >= 11 is 0. The molecule has 0 radical (unpaired) electrons. The van der Waals surface area contributed by atoms with Crippen LogP contribution in [0.5, 0.6) is 0 Å². The van der Waals surface area contributed by atoms with Crippen molar-refractivity contribution in [2.45, 2.75) is 44.1 Å². The Bertz CT molecular complexity index is 627. The minimum atomic E-state index is -0.766. The van der Waals surface area contributed by atoms with Crippen LogP contribution in [0.3, 0.4) is 0 Å². The number of nitrogens with one attached hydrogen (secondary N) is 2. The summed E-state index contributed by atoms with van der Waals surface area (Å²) in [5.41, 5.74) is 0.469. The Morgan fingerprint density at radius 2 is 1.95 bits per heavy atom. The highest BCUT2D eigenvalue weighted by Crippen LogP contribution is 2.26. The number of amides is 1. The van der Waals surface area contributed by atoms with E-state index in [9.17, 15) is 9.90 Å². The number of carbonyl (C=O) groups is 1. The van der Waals surface area contributed by atoms with Crippen molar-refractivity contribution >= 4 is 16.8 Å². The fraction of sp³-hybridized carbons (Fsp3) is 0.500. The van der Waals surface area contributed by atoms with Crippen molar-refractivity contribution in [3.05, 3.63) is 30.0 Å². The monoisotopic (exact) mass is 287 g/mol. The first kappa shape index (κ1) is 14.1. The number of aliphatic hydroxyl groups is 1. The molecule has 1 aromatic carbocycles. The van der Waals surface area contributed by atoms with Crippen molar-refractivity contribution in [3.63, 3.8) is 0 Å².